The number of rotatable bonds is 3. The van der Waals surface area contributed by atoms with E-state index in [1.165, 1.54) is 11.0 Å². The predicted octanol–water partition coefficient (Wildman–Crippen LogP) is 3.28. The van der Waals surface area contributed by atoms with Crippen molar-refractivity contribution in [1.29, 1.82) is 0 Å². The summed E-state index contributed by atoms with van der Waals surface area (Å²) >= 11 is 12.1. The minimum atomic E-state index is -0.629. The molecule has 1 aliphatic heterocycles. The average Bonchev–Trinajstić information content (AvgIpc) is 2.97. The average molecular weight is 326 g/mol. The fraction of sp³-hybridized carbons (Fsp3) is 0.400. The molecule has 0 radical (unpaired) electrons. The molecule has 110 valence electrons. The molecule has 1 fully saturated rings. The molecule has 1 aromatic carbocycles. The highest BCUT2D eigenvalue weighted by molar-refractivity contribution is 6.56. The molecule has 0 aromatic heterocycles. The quantitative estimate of drug-likeness (QED) is 0.801. The maximum Gasteiger partial charge on any atom is 0.299 e. The maximum atomic E-state index is 12.1. The molecule has 4 nitrogen and oxygen atoms in total. The SMILES string of the molecule is O=C1C(=O)N(CCC2CCCC2=O)c2c(Cl)ccc(Cl)c21. The first-order valence-electron chi connectivity index (χ1n) is 6.87. The number of benzene rings is 1. The van der Waals surface area contributed by atoms with Crippen LogP contribution in [0.5, 0.6) is 0 Å². The Morgan fingerprint density at radius 1 is 1.14 bits per heavy atom. The van der Waals surface area contributed by atoms with Crippen LogP contribution in [0.4, 0.5) is 5.69 Å². The van der Waals surface area contributed by atoms with Gasteiger partial charge >= 0.3 is 0 Å². The van der Waals surface area contributed by atoms with Gasteiger partial charge in [-0.1, -0.05) is 23.2 Å². The lowest BCUT2D eigenvalue weighted by atomic mass is 10.0. The van der Waals surface area contributed by atoms with E-state index in [1.54, 1.807) is 6.07 Å². The van der Waals surface area contributed by atoms with E-state index in [0.717, 1.165) is 12.8 Å². The van der Waals surface area contributed by atoms with Crippen molar-refractivity contribution in [2.75, 3.05) is 11.4 Å². The number of halogens is 2. The van der Waals surface area contributed by atoms with Crippen molar-refractivity contribution in [3.05, 3.63) is 27.7 Å². The Labute approximate surface area is 132 Å². The molecular formula is C15H13Cl2NO3. The third kappa shape index (κ3) is 2.36. The fourth-order valence-electron chi connectivity index (χ4n) is 3.04. The lowest BCUT2D eigenvalue weighted by Crippen LogP contribution is -2.32. The maximum absolute atomic E-state index is 12.1. The van der Waals surface area contributed by atoms with Gasteiger partial charge in [-0.15, -0.1) is 0 Å². The van der Waals surface area contributed by atoms with Gasteiger partial charge in [-0.3, -0.25) is 14.4 Å². The van der Waals surface area contributed by atoms with Gasteiger partial charge in [0, 0.05) is 18.9 Å². The van der Waals surface area contributed by atoms with Gasteiger partial charge in [-0.25, -0.2) is 0 Å². The second kappa shape index (κ2) is 5.43. The van der Waals surface area contributed by atoms with E-state index in [4.69, 9.17) is 23.2 Å². The van der Waals surface area contributed by atoms with Crippen molar-refractivity contribution in [2.45, 2.75) is 25.7 Å². The molecule has 0 N–H and O–H groups in total. The Balaban J connectivity index is 1.87. The summed E-state index contributed by atoms with van der Waals surface area (Å²) in [6, 6.07) is 3.08. The van der Waals surface area contributed by atoms with Crippen LogP contribution < -0.4 is 4.90 Å². The molecule has 2 aliphatic rings. The summed E-state index contributed by atoms with van der Waals surface area (Å²) in [5.74, 6) is -1.03. The fourth-order valence-corrected chi connectivity index (χ4v) is 3.54. The largest absolute Gasteiger partial charge is 0.303 e. The summed E-state index contributed by atoms with van der Waals surface area (Å²) in [6.45, 7) is 0.314. The third-order valence-electron chi connectivity index (χ3n) is 4.15. The van der Waals surface area contributed by atoms with Gasteiger partial charge < -0.3 is 4.90 Å². The number of hydrogen-bond acceptors (Lipinski definition) is 3. The van der Waals surface area contributed by atoms with Crippen LogP contribution in [-0.4, -0.2) is 24.0 Å². The van der Waals surface area contributed by atoms with Crippen LogP contribution in [0.1, 0.15) is 36.0 Å². The van der Waals surface area contributed by atoms with Crippen LogP contribution >= 0.6 is 23.2 Å². The minimum Gasteiger partial charge on any atom is -0.303 e. The Morgan fingerprint density at radius 3 is 2.52 bits per heavy atom. The second-order valence-corrected chi connectivity index (χ2v) is 6.20. The zero-order valence-corrected chi connectivity index (χ0v) is 12.7. The molecule has 1 aliphatic carbocycles. The first-order chi connectivity index (χ1) is 10.0. The molecular weight excluding hydrogens is 313 g/mol. The molecule has 1 saturated carbocycles. The number of hydrogen-bond donors (Lipinski definition) is 0. The van der Waals surface area contributed by atoms with Gasteiger partial charge in [0.2, 0.25) is 0 Å². The van der Waals surface area contributed by atoms with E-state index in [9.17, 15) is 14.4 Å². The van der Waals surface area contributed by atoms with Crippen LogP contribution in [-0.2, 0) is 9.59 Å². The zero-order valence-electron chi connectivity index (χ0n) is 11.2. The highest BCUT2D eigenvalue weighted by Crippen LogP contribution is 2.40. The lowest BCUT2D eigenvalue weighted by Gasteiger charge is -2.19. The highest BCUT2D eigenvalue weighted by Gasteiger charge is 2.39. The molecule has 0 saturated heterocycles. The molecule has 1 heterocycles. The second-order valence-electron chi connectivity index (χ2n) is 5.38. The van der Waals surface area contributed by atoms with Gasteiger partial charge in [0.05, 0.1) is 21.3 Å². The first kappa shape index (κ1) is 14.5. The first-order valence-corrected chi connectivity index (χ1v) is 7.63. The minimum absolute atomic E-state index is 0.0186. The van der Waals surface area contributed by atoms with E-state index < -0.39 is 11.7 Å². The molecule has 21 heavy (non-hydrogen) atoms. The van der Waals surface area contributed by atoms with Crippen LogP contribution in [0.15, 0.2) is 12.1 Å². The Bertz CT molecular complexity index is 657. The number of anilines is 1. The third-order valence-corrected chi connectivity index (χ3v) is 4.77. The Hall–Kier alpha value is -1.39. The molecule has 1 amide bonds. The van der Waals surface area contributed by atoms with Crippen molar-refractivity contribution in [3.63, 3.8) is 0 Å². The van der Waals surface area contributed by atoms with Gasteiger partial charge in [0.25, 0.3) is 11.7 Å². The number of amides is 1. The Morgan fingerprint density at radius 2 is 1.86 bits per heavy atom. The number of nitrogens with zero attached hydrogens (tertiary/aromatic N) is 1. The molecule has 0 spiro atoms. The summed E-state index contributed by atoms with van der Waals surface area (Å²) in [5, 5.41) is 0.554. The van der Waals surface area contributed by atoms with Crippen molar-refractivity contribution < 1.29 is 14.4 Å². The Kier molecular flexibility index (Phi) is 3.76. The van der Waals surface area contributed by atoms with Crippen molar-refractivity contribution in [1.82, 2.24) is 0 Å². The monoisotopic (exact) mass is 325 g/mol. The van der Waals surface area contributed by atoms with Gasteiger partial charge in [0.1, 0.15) is 5.78 Å². The topological polar surface area (TPSA) is 54.5 Å². The summed E-state index contributed by atoms with van der Waals surface area (Å²) in [4.78, 5) is 37.2. The van der Waals surface area contributed by atoms with Gasteiger partial charge in [-0.05, 0) is 31.4 Å². The standard InChI is InChI=1S/C15H13Cl2NO3/c16-9-4-5-10(17)13-12(9)14(20)15(21)18(13)7-6-8-2-1-3-11(8)19/h4-5,8H,1-3,6-7H2. The van der Waals surface area contributed by atoms with Crippen LogP contribution in [0.2, 0.25) is 10.0 Å². The molecule has 6 heteroatoms. The molecule has 3 rings (SSSR count). The number of carbonyl (C=O) groups is 3. The summed E-state index contributed by atoms with van der Waals surface area (Å²) in [6.07, 6.45) is 2.92. The van der Waals surface area contributed by atoms with E-state index in [1.807, 2.05) is 0 Å². The molecule has 1 aromatic rings. The number of fused-ring (bicyclic) bond motifs is 1. The molecule has 0 bridgehead atoms. The number of carbonyl (C=O) groups excluding carboxylic acids is 3. The van der Waals surface area contributed by atoms with Crippen molar-refractivity contribution >= 4 is 46.4 Å². The lowest BCUT2D eigenvalue weighted by molar-refractivity contribution is -0.121. The molecule has 1 unspecified atom stereocenters. The van der Waals surface area contributed by atoms with E-state index >= 15 is 0 Å². The van der Waals surface area contributed by atoms with Crippen LogP contribution in [0, 0.1) is 5.92 Å². The van der Waals surface area contributed by atoms with E-state index in [-0.39, 0.29) is 22.3 Å². The summed E-state index contributed by atoms with van der Waals surface area (Å²) in [5.41, 5.74) is 0.552. The van der Waals surface area contributed by atoms with Crippen LogP contribution in [0.25, 0.3) is 0 Å². The zero-order chi connectivity index (χ0) is 15.1. The van der Waals surface area contributed by atoms with Gasteiger partial charge in [0.15, 0.2) is 0 Å². The van der Waals surface area contributed by atoms with Gasteiger partial charge in [-0.2, -0.15) is 0 Å². The van der Waals surface area contributed by atoms with E-state index in [2.05, 4.69) is 0 Å². The smallest absolute Gasteiger partial charge is 0.299 e. The van der Waals surface area contributed by atoms with Crippen LogP contribution in [0.3, 0.4) is 0 Å². The number of ketones is 2. The summed E-state index contributed by atoms with van der Waals surface area (Å²) in [7, 11) is 0. The molecule has 1 atom stereocenters. The van der Waals surface area contributed by atoms with E-state index in [0.29, 0.717) is 30.1 Å². The summed E-state index contributed by atoms with van der Waals surface area (Å²) < 4.78 is 0. The van der Waals surface area contributed by atoms with Crippen molar-refractivity contribution in [3.8, 4) is 0 Å². The highest BCUT2D eigenvalue weighted by atomic mass is 35.5. The van der Waals surface area contributed by atoms with Crippen molar-refractivity contribution in [2.24, 2.45) is 5.92 Å². The normalized spacial score (nSPS) is 21.3. The number of Topliss-reactive ketones (excluding diaryl/α,β-unsaturated/α-hetero) is 2. The predicted molar refractivity (Wildman–Crippen MR) is 80.1 cm³/mol.